The average Bonchev–Trinajstić information content (AvgIpc) is 2.64. The van der Waals surface area contributed by atoms with Crippen molar-refractivity contribution in [2.24, 2.45) is 0 Å². The maximum Gasteiger partial charge on any atom is 0.0946 e. The van der Waals surface area contributed by atoms with E-state index in [1.807, 2.05) is 18.3 Å². The summed E-state index contributed by atoms with van der Waals surface area (Å²) in [5, 5.41) is 4.80. The maximum absolute atomic E-state index is 5.39. The van der Waals surface area contributed by atoms with Gasteiger partial charge in [0.2, 0.25) is 0 Å². The Balaban J connectivity index is 2.41. The molecule has 0 aliphatic heterocycles. The second kappa shape index (κ2) is 8.62. The van der Waals surface area contributed by atoms with E-state index in [0.717, 1.165) is 39.0 Å². The summed E-state index contributed by atoms with van der Waals surface area (Å²) in [7, 11) is 0. The minimum Gasteiger partial charge on any atom is -0.382 e. The van der Waals surface area contributed by atoms with Crippen LogP contribution in [0.15, 0.2) is 0 Å². The molecule has 1 N–H and O–H groups in total. The minimum absolute atomic E-state index is 0.528. The topological polar surface area (TPSA) is 34.1 Å². The molecule has 3 nitrogen and oxygen atoms in total. The van der Waals surface area contributed by atoms with E-state index in [0.29, 0.717) is 6.04 Å². The van der Waals surface area contributed by atoms with Gasteiger partial charge in [-0.05, 0) is 40.2 Å². The Morgan fingerprint density at radius 3 is 2.67 bits per heavy atom. The molecule has 1 heterocycles. The van der Waals surface area contributed by atoms with Crippen LogP contribution in [0.4, 0.5) is 0 Å². The van der Waals surface area contributed by atoms with Crippen molar-refractivity contribution in [3.63, 3.8) is 0 Å². The number of aromatic nitrogens is 1. The van der Waals surface area contributed by atoms with Crippen molar-refractivity contribution < 1.29 is 4.74 Å². The van der Waals surface area contributed by atoms with Crippen LogP contribution < -0.4 is 5.32 Å². The number of ether oxygens (including phenoxy) is 1. The first-order valence-electron chi connectivity index (χ1n) is 6.91. The van der Waals surface area contributed by atoms with E-state index >= 15 is 0 Å². The molecule has 1 aromatic heterocycles. The predicted octanol–water partition coefficient (Wildman–Crippen LogP) is 3.10. The Morgan fingerprint density at radius 1 is 1.33 bits per heavy atom. The fraction of sp³-hybridized carbons (Fsp3) is 0.786. The summed E-state index contributed by atoms with van der Waals surface area (Å²) in [5.74, 6) is 0. The van der Waals surface area contributed by atoms with E-state index in [-0.39, 0.29) is 0 Å². The van der Waals surface area contributed by atoms with Gasteiger partial charge in [0.1, 0.15) is 0 Å². The van der Waals surface area contributed by atoms with E-state index in [2.05, 4.69) is 31.1 Å². The van der Waals surface area contributed by atoms with Gasteiger partial charge in [-0.25, -0.2) is 4.98 Å². The van der Waals surface area contributed by atoms with Gasteiger partial charge in [0, 0.05) is 30.6 Å². The summed E-state index contributed by atoms with van der Waals surface area (Å²) in [4.78, 5) is 5.97. The van der Waals surface area contributed by atoms with E-state index < -0.39 is 0 Å². The van der Waals surface area contributed by atoms with Crippen molar-refractivity contribution in [1.82, 2.24) is 10.3 Å². The highest BCUT2D eigenvalue weighted by Crippen LogP contribution is 2.18. The molecule has 0 saturated heterocycles. The van der Waals surface area contributed by atoms with Gasteiger partial charge in [-0.15, -0.1) is 11.3 Å². The molecular formula is C14H26N2OS. The number of nitrogens with one attached hydrogen (secondary N) is 1. The highest BCUT2D eigenvalue weighted by atomic mass is 32.1. The van der Waals surface area contributed by atoms with Crippen LogP contribution in [0, 0.1) is 13.8 Å². The predicted molar refractivity (Wildman–Crippen MR) is 78.5 cm³/mol. The molecule has 0 spiro atoms. The van der Waals surface area contributed by atoms with Gasteiger partial charge in [0.05, 0.1) is 10.7 Å². The van der Waals surface area contributed by atoms with Crippen molar-refractivity contribution in [2.45, 2.75) is 53.0 Å². The second-order valence-corrected chi connectivity index (χ2v) is 5.83. The van der Waals surface area contributed by atoms with E-state index in [1.54, 1.807) is 0 Å². The van der Waals surface area contributed by atoms with E-state index in [1.165, 1.54) is 15.6 Å². The highest BCUT2D eigenvalue weighted by molar-refractivity contribution is 7.11. The number of likely N-dealkylation sites (N-methyl/N-ethyl adjacent to an activating group) is 1. The molecule has 0 radical (unpaired) electrons. The molecule has 0 saturated carbocycles. The molecule has 1 aromatic rings. The van der Waals surface area contributed by atoms with E-state index in [9.17, 15) is 0 Å². The van der Waals surface area contributed by atoms with Gasteiger partial charge in [-0.2, -0.15) is 0 Å². The molecule has 0 aliphatic rings. The normalized spacial score (nSPS) is 12.9. The second-order valence-electron chi connectivity index (χ2n) is 4.55. The lowest BCUT2D eigenvalue weighted by molar-refractivity contribution is 0.141. The SMILES string of the molecule is CCNC(CCCOCC)Cc1nc(C)c(C)s1. The Labute approximate surface area is 115 Å². The lowest BCUT2D eigenvalue weighted by atomic mass is 10.1. The molecule has 1 rings (SSSR count). The third kappa shape index (κ3) is 5.46. The number of hydrogen-bond acceptors (Lipinski definition) is 4. The molecule has 0 bridgehead atoms. The fourth-order valence-corrected chi connectivity index (χ4v) is 2.99. The summed E-state index contributed by atoms with van der Waals surface area (Å²) in [5.41, 5.74) is 1.18. The minimum atomic E-state index is 0.528. The lowest BCUT2D eigenvalue weighted by Crippen LogP contribution is -2.31. The number of hydrogen-bond donors (Lipinski definition) is 1. The monoisotopic (exact) mass is 270 g/mol. The number of aryl methyl sites for hydroxylation is 2. The standard InChI is InChI=1S/C14H26N2OS/c1-5-15-13(8-7-9-17-6-2)10-14-16-11(3)12(4)18-14/h13,15H,5-10H2,1-4H3. The fourth-order valence-electron chi connectivity index (χ4n) is 1.98. The van der Waals surface area contributed by atoms with Crippen LogP contribution in [0.2, 0.25) is 0 Å². The first-order chi connectivity index (χ1) is 8.67. The van der Waals surface area contributed by atoms with Crippen LogP contribution >= 0.6 is 11.3 Å². The Kier molecular flexibility index (Phi) is 7.47. The molecular weight excluding hydrogens is 244 g/mol. The zero-order valence-corrected chi connectivity index (χ0v) is 12.9. The lowest BCUT2D eigenvalue weighted by Gasteiger charge is -2.16. The van der Waals surface area contributed by atoms with Crippen LogP contribution in [0.1, 0.15) is 42.3 Å². The highest BCUT2D eigenvalue weighted by Gasteiger charge is 2.12. The van der Waals surface area contributed by atoms with E-state index in [4.69, 9.17) is 4.74 Å². The smallest absolute Gasteiger partial charge is 0.0946 e. The molecule has 1 unspecified atom stereocenters. The van der Waals surface area contributed by atoms with Gasteiger partial charge >= 0.3 is 0 Å². The van der Waals surface area contributed by atoms with Gasteiger partial charge in [-0.1, -0.05) is 6.92 Å². The third-order valence-electron chi connectivity index (χ3n) is 3.03. The summed E-state index contributed by atoms with van der Waals surface area (Å²) in [6.07, 6.45) is 3.32. The third-order valence-corrected chi connectivity index (χ3v) is 4.13. The molecule has 104 valence electrons. The zero-order chi connectivity index (χ0) is 13.4. The average molecular weight is 270 g/mol. The molecule has 4 heteroatoms. The van der Waals surface area contributed by atoms with Gasteiger partial charge in [0.15, 0.2) is 0 Å². The van der Waals surface area contributed by atoms with Gasteiger partial charge in [0.25, 0.3) is 0 Å². The molecule has 0 fully saturated rings. The maximum atomic E-state index is 5.39. The molecule has 18 heavy (non-hydrogen) atoms. The van der Waals surface area contributed by atoms with Crippen molar-refractivity contribution in [3.05, 3.63) is 15.6 Å². The van der Waals surface area contributed by atoms with Crippen molar-refractivity contribution in [3.8, 4) is 0 Å². The van der Waals surface area contributed by atoms with Crippen molar-refractivity contribution >= 4 is 11.3 Å². The molecule has 0 amide bonds. The first kappa shape index (κ1) is 15.6. The summed E-state index contributed by atoms with van der Waals surface area (Å²) in [6, 6.07) is 0.528. The molecule has 1 atom stereocenters. The van der Waals surface area contributed by atoms with Crippen LogP contribution in [-0.4, -0.2) is 30.8 Å². The summed E-state index contributed by atoms with van der Waals surface area (Å²) in [6.45, 7) is 11.1. The largest absolute Gasteiger partial charge is 0.382 e. The van der Waals surface area contributed by atoms with Crippen molar-refractivity contribution in [1.29, 1.82) is 0 Å². The van der Waals surface area contributed by atoms with Crippen LogP contribution in [-0.2, 0) is 11.2 Å². The van der Waals surface area contributed by atoms with Gasteiger partial charge < -0.3 is 10.1 Å². The Hall–Kier alpha value is -0.450. The van der Waals surface area contributed by atoms with Crippen LogP contribution in [0.3, 0.4) is 0 Å². The van der Waals surface area contributed by atoms with Gasteiger partial charge in [-0.3, -0.25) is 0 Å². The first-order valence-corrected chi connectivity index (χ1v) is 7.73. The van der Waals surface area contributed by atoms with Crippen molar-refractivity contribution in [2.75, 3.05) is 19.8 Å². The quantitative estimate of drug-likeness (QED) is 0.700. The number of thiazole rings is 1. The zero-order valence-electron chi connectivity index (χ0n) is 12.1. The molecule has 0 aliphatic carbocycles. The Bertz CT molecular complexity index is 319. The van der Waals surface area contributed by atoms with Crippen LogP contribution in [0.5, 0.6) is 0 Å². The number of nitrogens with zero attached hydrogens (tertiary/aromatic N) is 1. The summed E-state index contributed by atoms with van der Waals surface area (Å²) >= 11 is 1.83. The summed E-state index contributed by atoms with van der Waals surface area (Å²) < 4.78 is 5.39. The number of rotatable bonds is 9. The Morgan fingerprint density at radius 2 is 2.11 bits per heavy atom. The van der Waals surface area contributed by atoms with Crippen LogP contribution in [0.25, 0.3) is 0 Å². The molecule has 0 aromatic carbocycles.